The van der Waals surface area contributed by atoms with Gasteiger partial charge in [-0.25, -0.2) is 9.97 Å². The van der Waals surface area contributed by atoms with Crippen molar-refractivity contribution in [3.05, 3.63) is 53.2 Å². The van der Waals surface area contributed by atoms with Gasteiger partial charge >= 0.3 is 0 Å². The number of anilines is 1. The molecule has 1 aromatic carbocycles. The number of nitrogens with one attached hydrogen (secondary N) is 1. The highest BCUT2D eigenvalue weighted by molar-refractivity contribution is 7.16. The quantitative estimate of drug-likeness (QED) is 0.678. The van der Waals surface area contributed by atoms with Crippen molar-refractivity contribution in [1.82, 2.24) is 14.9 Å². The SMILES string of the molecule is CCc1nc(NCC2CC(=O)N(CCc3ccccc3)C2)c2ccsc2n1. The number of benzene rings is 1. The fourth-order valence-electron chi connectivity index (χ4n) is 3.55. The van der Waals surface area contributed by atoms with Crippen molar-refractivity contribution < 1.29 is 4.79 Å². The van der Waals surface area contributed by atoms with Gasteiger partial charge < -0.3 is 10.2 Å². The Morgan fingerprint density at radius 3 is 2.89 bits per heavy atom. The van der Waals surface area contributed by atoms with E-state index in [0.29, 0.717) is 12.3 Å². The number of nitrogens with zero attached hydrogens (tertiary/aromatic N) is 3. The highest BCUT2D eigenvalue weighted by Crippen LogP contribution is 2.26. The molecule has 1 aliphatic heterocycles. The molecular weight excluding hydrogens is 356 g/mol. The molecule has 1 aliphatic rings. The average Bonchev–Trinajstić information content (AvgIpc) is 3.31. The van der Waals surface area contributed by atoms with Gasteiger partial charge in [0.15, 0.2) is 0 Å². The summed E-state index contributed by atoms with van der Waals surface area (Å²) in [5.41, 5.74) is 1.28. The third kappa shape index (κ3) is 4.11. The van der Waals surface area contributed by atoms with E-state index in [2.05, 4.69) is 40.4 Å². The fraction of sp³-hybridized carbons (Fsp3) is 0.381. The van der Waals surface area contributed by atoms with Gasteiger partial charge in [0.25, 0.3) is 0 Å². The number of aryl methyl sites for hydroxylation is 1. The predicted molar refractivity (Wildman–Crippen MR) is 110 cm³/mol. The minimum absolute atomic E-state index is 0.260. The van der Waals surface area contributed by atoms with Crippen LogP contribution in [-0.4, -0.2) is 40.4 Å². The zero-order chi connectivity index (χ0) is 18.6. The second-order valence-electron chi connectivity index (χ2n) is 7.01. The van der Waals surface area contributed by atoms with E-state index in [1.165, 1.54) is 5.56 Å². The van der Waals surface area contributed by atoms with Gasteiger partial charge in [-0.2, -0.15) is 0 Å². The van der Waals surface area contributed by atoms with Crippen LogP contribution in [0.1, 0.15) is 24.7 Å². The van der Waals surface area contributed by atoms with Crippen LogP contribution in [0, 0.1) is 5.92 Å². The molecule has 3 heterocycles. The van der Waals surface area contributed by atoms with Crippen LogP contribution in [0.15, 0.2) is 41.8 Å². The van der Waals surface area contributed by atoms with E-state index in [-0.39, 0.29) is 5.91 Å². The average molecular weight is 381 g/mol. The lowest BCUT2D eigenvalue weighted by Crippen LogP contribution is -2.28. The third-order valence-corrected chi connectivity index (χ3v) is 5.86. The lowest BCUT2D eigenvalue weighted by atomic mass is 10.1. The maximum absolute atomic E-state index is 12.4. The zero-order valence-corrected chi connectivity index (χ0v) is 16.3. The molecule has 1 fully saturated rings. The number of amides is 1. The summed E-state index contributed by atoms with van der Waals surface area (Å²) in [5.74, 6) is 2.34. The molecule has 5 nitrogen and oxygen atoms in total. The Labute approximate surface area is 163 Å². The van der Waals surface area contributed by atoms with Crippen LogP contribution in [0.5, 0.6) is 0 Å². The highest BCUT2D eigenvalue weighted by Gasteiger charge is 2.29. The Morgan fingerprint density at radius 1 is 1.22 bits per heavy atom. The van der Waals surface area contributed by atoms with Gasteiger partial charge in [0.2, 0.25) is 5.91 Å². The molecule has 0 spiro atoms. The summed E-state index contributed by atoms with van der Waals surface area (Å²) < 4.78 is 0. The lowest BCUT2D eigenvalue weighted by molar-refractivity contribution is -0.127. The molecule has 140 valence electrons. The van der Waals surface area contributed by atoms with Gasteiger partial charge in [0, 0.05) is 38.4 Å². The first-order chi connectivity index (χ1) is 13.2. The Balaban J connectivity index is 1.36. The summed E-state index contributed by atoms with van der Waals surface area (Å²) in [6.45, 7) is 4.44. The van der Waals surface area contributed by atoms with E-state index in [4.69, 9.17) is 0 Å². The Hall–Kier alpha value is -2.47. The first-order valence-electron chi connectivity index (χ1n) is 9.52. The minimum atomic E-state index is 0.260. The van der Waals surface area contributed by atoms with Crippen LogP contribution in [0.3, 0.4) is 0 Å². The monoisotopic (exact) mass is 380 g/mol. The van der Waals surface area contributed by atoms with E-state index in [1.54, 1.807) is 11.3 Å². The molecule has 0 saturated carbocycles. The minimum Gasteiger partial charge on any atom is -0.369 e. The molecule has 0 radical (unpaired) electrons. The molecule has 1 unspecified atom stereocenters. The maximum Gasteiger partial charge on any atom is 0.223 e. The summed E-state index contributed by atoms with van der Waals surface area (Å²) in [4.78, 5) is 24.6. The fourth-order valence-corrected chi connectivity index (χ4v) is 4.33. The summed E-state index contributed by atoms with van der Waals surface area (Å²) in [5, 5.41) is 6.60. The molecule has 0 aliphatic carbocycles. The van der Waals surface area contributed by atoms with Crippen LogP contribution in [0.2, 0.25) is 0 Å². The largest absolute Gasteiger partial charge is 0.369 e. The number of likely N-dealkylation sites (tertiary alicyclic amines) is 1. The first-order valence-corrected chi connectivity index (χ1v) is 10.4. The number of carbonyl (C=O) groups is 1. The maximum atomic E-state index is 12.4. The van der Waals surface area contributed by atoms with Crippen molar-refractivity contribution in [2.24, 2.45) is 5.92 Å². The molecule has 1 N–H and O–H groups in total. The topological polar surface area (TPSA) is 58.1 Å². The normalized spacial score (nSPS) is 17.0. The Morgan fingerprint density at radius 2 is 2.07 bits per heavy atom. The molecule has 1 atom stereocenters. The van der Waals surface area contributed by atoms with Crippen molar-refractivity contribution in [1.29, 1.82) is 0 Å². The van der Waals surface area contributed by atoms with Gasteiger partial charge in [-0.1, -0.05) is 37.3 Å². The Bertz CT molecular complexity index is 924. The van der Waals surface area contributed by atoms with Gasteiger partial charge in [-0.3, -0.25) is 4.79 Å². The van der Waals surface area contributed by atoms with Crippen LogP contribution in [0.25, 0.3) is 10.2 Å². The smallest absolute Gasteiger partial charge is 0.223 e. The van der Waals surface area contributed by atoms with Gasteiger partial charge in [-0.15, -0.1) is 11.3 Å². The van der Waals surface area contributed by atoms with E-state index >= 15 is 0 Å². The van der Waals surface area contributed by atoms with Crippen LogP contribution in [0.4, 0.5) is 5.82 Å². The van der Waals surface area contributed by atoms with E-state index in [1.807, 2.05) is 28.5 Å². The molecule has 3 aromatic rings. The van der Waals surface area contributed by atoms with Crippen LogP contribution in [-0.2, 0) is 17.6 Å². The summed E-state index contributed by atoms with van der Waals surface area (Å²) in [7, 11) is 0. The van der Waals surface area contributed by atoms with Crippen molar-refractivity contribution >= 4 is 33.3 Å². The molecule has 27 heavy (non-hydrogen) atoms. The molecule has 2 aromatic heterocycles. The molecule has 1 saturated heterocycles. The van der Waals surface area contributed by atoms with Crippen molar-refractivity contribution in [2.75, 3.05) is 25.0 Å². The summed E-state index contributed by atoms with van der Waals surface area (Å²) in [6.07, 6.45) is 2.34. The second-order valence-corrected chi connectivity index (χ2v) is 7.90. The number of fused-ring (bicyclic) bond motifs is 1. The highest BCUT2D eigenvalue weighted by atomic mass is 32.1. The number of hydrogen-bond acceptors (Lipinski definition) is 5. The number of thiophene rings is 1. The van der Waals surface area contributed by atoms with Crippen LogP contribution < -0.4 is 5.32 Å². The van der Waals surface area contributed by atoms with Crippen molar-refractivity contribution in [3.8, 4) is 0 Å². The first kappa shape index (κ1) is 17.9. The lowest BCUT2D eigenvalue weighted by Gasteiger charge is -2.17. The van der Waals surface area contributed by atoms with Crippen molar-refractivity contribution in [3.63, 3.8) is 0 Å². The summed E-state index contributed by atoms with van der Waals surface area (Å²) >= 11 is 1.64. The van der Waals surface area contributed by atoms with Gasteiger partial charge in [0.1, 0.15) is 16.5 Å². The molecule has 0 bridgehead atoms. The number of aromatic nitrogens is 2. The molecule has 4 rings (SSSR count). The Kier molecular flexibility index (Phi) is 5.34. The van der Waals surface area contributed by atoms with Gasteiger partial charge in [-0.05, 0) is 23.4 Å². The molecule has 6 heteroatoms. The standard InChI is InChI=1S/C21H24N4OS/c1-2-18-23-20(17-9-11-27-21(17)24-18)22-13-16-12-19(26)25(14-16)10-8-15-6-4-3-5-7-15/h3-7,9,11,16H,2,8,10,12-14H2,1H3,(H,22,23,24). The zero-order valence-electron chi connectivity index (χ0n) is 15.5. The third-order valence-electron chi connectivity index (χ3n) is 5.05. The van der Waals surface area contributed by atoms with E-state index in [0.717, 1.165) is 54.3 Å². The van der Waals surface area contributed by atoms with E-state index in [9.17, 15) is 4.79 Å². The number of hydrogen-bond donors (Lipinski definition) is 1. The summed E-state index contributed by atoms with van der Waals surface area (Å²) in [6, 6.07) is 12.4. The predicted octanol–water partition coefficient (Wildman–Crippen LogP) is 3.76. The molecule has 1 amide bonds. The van der Waals surface area contributed by atoms with Crippen LogP contribution >= 0.6 is 11.3 Å². The van der Waals surface area contributed by atoms with Crippen molar-refractivity contribution in [2.45, 2.75) is 26.2 Å². The molecular formula is C21H24N4OS. The van der Waals surface area contributed by atoms with Gasteiger partial charge in [0.05, 0.1) is 5.39 Å². The second kappa shape index (κ2) is 8.05. The number of rotatable bonds is 7. The number of carbonyl (C=O) groups excluding carboxylic acids is 1. The van der Waals surface area contributed by atoms with E-state index < -0.39 is 0 Å².